The lowest BCUT2D eigenvalue weighted by Gasteiger charge is -2.19. The molecule has 0 aliphatic rings. The summed E-state index contributed by atoms with van der Waals surface area (Å²) in [5, 5.41) is 1.83. The van der Waals surface area contributed by atoms with Gasteiger partial charge in [-0.25, -0.2) is 0 Å². The molecule has 1 heterocycles. The highest BCUT2D eigenvalue weighted by Gasteiger charge is 2.14. The van der Waals surface area contributed by atoms with E-state index in [9.17, 15) is 0 Å². The van der Waals surface area contributed by atoms with Crippen LogP contribution >= 0.6 is 11.8 Å². The molecule has 1 aromatic heterocycles. The van der Waals surface area contributed by atoms with Crippen LogP contribution in [-0.2, 0) is 0 Å². The minimum Gasteiger partial charge on any atom is -0.271 e. The van der Waals surface area contributed by atoms with E-state index in [0.29, 0.717) is 5.25 Å². The fourth-order valence-electron chi connectivity index (χ4n) is 2.04. The zero-order valence-corrected chi connectivity index (χ0v) is 12.3. The van der Waals surface area contributed by atoms with Crippen LogP contribution in [0.2, 0.25) is 0 Å². The van der Waals surface area contributed by atoms with Gasteiger partial charge in [0.2, 0.25) is 0 Å². The highest BCUT2D eigenvalue weighted by Crippen LogP contribution is 2.27. The van der Waals surface area contributed by atoms with E-state index in [2.05, 4.69) is 36.4 Å². The quantitative estimate of drug-likeness (QED) is 0.627. The highest BCUT2D eigenvalue weighted by atomic mass is 32.2. The molecule has 0 fully saturated rings. The monoisotopic (exact) mass is 275 g/mol. The van der Waals surface area contributed by atoms with Crippen LogP contribution in [0.1, 0.15) is 31.9 Å². The minimum atomic E-state index is 0.159. The molecular weight excluding hydrogens is 254 g/mol. The van der Waals surface area contributed by atoms with Crippen molar-refractivity contribution in [2.45, 2.75) is 31.6 Å². The molecule has 3 nitrogen and oxygen atoms in total. The van der Waals surface area contributed by atoms with Crippen LogP contribution in [0, 0.1) is 0 Å². The maximum Gasteiger partial charge on any atom is 0.0705 e. The van der Waals surface area contributed by atoms with E-state index in [1.54, 1.807) is 0 Å². The number of nitrogens with two attached hydrogens (primary N) is 1. The maximum atomic E-state index is 5.74. The predicted octanol–water partition coefficient (Wildman–Crippen LogP) is 3.27. The average molecular weight is 275 g/mol. The summed E-state index contributed by atoms with van der Waals surface area (Å²) in [6.07, 6.45) is 3.00. The second-order valence-corrected chi connectivity index (χ2v) is 6.16. The molecule has 102 valence electrons. The van der Waals surface area contributed by atoms with Crippen molar-refractivity contribution in [2.24, 2.45) is 5.84 Å². The summed E-state index contributed by atoms with van der Waals surface area (Å²) in [5.41, 5.74) is 5.19. The van der Waals surface area contributed by atoms with Crippen molar-refractivity contribution in [2.75, 3.05) is 5.75 Å². The topological polar surface area (TPSA) is 50.9 Å². The number of aromatic nitrogens is 1. The lowest BCUT2D eigenvalue weighted by molar-refractivity contribution is 0.613. The Kier molecular flexibility index (Phi) is 5.19. The van der Waals surface area contributed by atoms with Gasteiger partial charge in [-0.05, 0) is 24.1 Å². The third-order valence-electron chi connectivity index (χ3n) is 3.38. The highest BCUT2D eigenvalue weighted by molar-refractivity contribution is 7.99. The van der Waals surface area contributed by atoms with Gasteiger partial charge in [-0.3, -0.25) is 16.3 Å². The SMILES string of the molecule is CCC(C)SCC(NN)c1cccc2ncccc12. The van der Waals surface area contributed by atoms with Crippen LogP contribution < -0.4 is 11.3 Å². The lowest BCUT2D eigenvalue weighted by atomic mass is 10.0. The number of hydrogen-bond donors (Lipinski definition) is 2. The van der Waals surface area contributed by atoms with Gasteiger partial charge >= 0.3 is 0 Å². The largest absolute Gasteiger partial charge is 0.271 e. The van der Waals surface area contributed by atoms with Crippen molar-refractivity contribution in [3.05, 3.63) is 42.1 Å². The standard InChI is InChI=1S/C15H21N3S/c1-3-11(2)19-10-15(18-16)13-6-4-8-14-12(13)7-5-9-17-14/h4-9,11,15,18H,3,10,16H2,1-2H3. The second-order valence-electron chi connectivity index (χ2n) is 4.69. The van der Waals surface area contributed by atoms with Crippen molar-refractivity contribution in [1.82, 2.24) is 10.4 Å². The molecular formula is C15H21N3S. The van der Waals surface area contributed by atoms with Crippen molar-refractivity contribution in [3.8, 4) is 0 Å². The zero-order chi connectivity index (χ0) is 13.7. The summed E-state index contributed by atoms with van der Waals surface area (Å²) in [5.74, 6) is 6.71. The van der Waals surface area contributed by atoms with Gasteiger partial charge in [0, 0.05) is 22.6 Å². The Hall–Kier alpha value is -1.10. The van der Waals surface area contributed by atoms with Gasteiger partial charge in [-0.2, -0.15) is 11.8 Å². The Morgan fingerprint density at radius 2 is 2.16 bits per heavy atom. The van der Waals surface area contributed by atoms with E-state index in [4.69, 9.17) is 5.84 Å². The van der Waals surface area contributed by atoms with Crippen molar-refractivity contribution in [1.29, 1.82) is 0 Å². The maximum absolute atomic E-state index is 5.74. The molecule has 4 heteroatoms. The van der Waals surface area contributed by atoms with Crippen LogP contribution in [0.15, 0.2) is 36.5 Å². The third-order valence-corrected chi connectivity index (χ3v) is 4.81. The van der Waals surface area contributed by atoms with E-state index < -0.39 is 0 Å². The number of hydrogen-bond acceptors (Lipinski definition) is 4. The van der Waals surface area contributed by atoms with Gasteiger partial charge in [0.15, 0.2) is 0 Å². The Bertz CT molecular complexity index is 524. The van der Waals surface area contributed by atoms with Crippen LogP contribution in [0.4, 0.5) is 0 Å². The Morgan fingerprint density at radius 3 is 2.89 bits per heavy atom. The summed E-state index contributed by atoms with van der Waals surface area (Å²) < 4.78 is 0. The van der Waals surface area contributed by atoms with Crippen LogP contribution in [0.25, 0.3) is 10.9 Å². The molecule has 2 aromatic rings. The molecule has 0 amide bonds. The van der Waals surface area contributed by atoms with Crippen molar-refractivity contribution < 1.29 is 0 Å². The summed E-state index contributed by atoms with van der Waals surface area (Å²) in [6, 6.07) is 10.5. The summed E-state index contributed by atoms with van der Waals surface area (Å²) in [7, 11) is 0. The number of fused-ring (bicyclic) bond motifs is 1. The van der Waals surface area contributed by atoms with Crippen molar-refractivity contribution in [3.63, 3.8) is 0 Å². The van der Waals surface area contributed by atoms with Gasteiger partial charge in [-0.1, -0.05) is 32.0 Å². The van der Waals surface area contributed by atoms with Gasteiger partial charge in [-0.15, -0.1) is 0 Å². The average Bonchev–Trinajstić information content (AvgIpc) is 2.47. The third kappa shape index (κ3) is 3.47. The molecule has 0 bridgehead atoms. The van der Waals surface area contributed by atoms with Gasteiger partial charge in [0.1, 0.15) is 0 Å². The molecule has 0 saturated carbocycles. The number of hydrazine groups is 1. The summed E-state index contributed by atoms with van der Waals surface area (Å²) >= 11 is 1.95. The number of thioether (sulfide) groups is 1. The normalized spacial score (nSPS) is 14.5. The Balaban J connectivity index is 2.25. The first kappa shape index (κ1) is 14.3. The first-order chi connectivity index (χ1) is 9.26. The molecule has 0 aliphatic heterocycles. The van der Waals surface area contributed by atoms with E-state index in [-0.39, 0.29) is 6.04 Å². The molecule has 3 N–H and O–H groups in total. The molecule has 0 radical (unpaired) electrons. The number of benzene rings is 1. The second kappa shape index (κ2) is 6.89. The Morgan fingerprint density at radius 1 is 1.32 bits per heavy atom. The molecule has 0 spiro atoms. The van der Waals surface area contributed by atoms with Crippen LogP contribution in [-0.4, -0.2) is 16.0 Å². The zero-order valence-electron chi connectivity index (χ0n) is 11.5. The van der Waals surface area contributed by atoms with E-state index >= 15 is 0 Å². The molecule has 0 saturated heterocycles. The number of pyridine rings is 1. The minimum absolute atomic E-state index is 0.159. The predicted molar refractivity (Wildman–Crippen MR) is 84.0 cm³/mol. The fraction of sp³-hybridized carbons (Fsp3) is 0.400. The smallest absolute Gasteiger partial charge is 0.0705 e. The molecule has 0 aliphatic carbocycles. The van der Waals surface area contributed by atoms with Gasteiger partial charge < -0.3 is 0 Å². The molecule has 2 atom stereocenters. The summed E-state index contributed by atoms with van der Waals surface area (Å²) in [4.78, 5) is 4.39. The number of nitrogens with zero attached hydrogens (tertiary/aromatic N) is 1. The van der Waals surface area contributed by atoms with E-state index in [0.717, 1.165) is 11.3 Å². The summed E-state index contributed by atoms with van der Waals surface area (Å²) in [6.45, 7) is 4.47. The lowest BCUT2D eigenvalue weighted by Crippen LogP contribution is -2.30. The number of rotatable bonds is 6. The fourth-order valence-corrected chi connectivity index (χ4v) is 3.07. The first-order valence-electron chi connectivity index (χ1n) is 6.67. The molecule has 2 rings (SSSR count). The van der Waals surface area contributed by atoms with Gasteiger partial charge in [0.05, 0.1) is 11.6 Å². The van der Waals surface area contributed by atoms with Crippen LogP contribution in [0.3, 0.4) is 0 Å². The number of nitrogens with one attached hydrogen (secondary N) is 1. The van der Waals surface area contributed by atoms with Crippen LogP contribution in [0.5, 0.6) is 0 Å². The Labute approximate surface area is 119 Å². The first-order valence-corrected chi connectivity index (χ1v) is 7.72. The van der Waals surface area contributed by atoms with Crippen molar-refractivity contribution >= 4 is 22.7 Å². The van der Waals surface area contributed by atoms with E-state index in [1.165, 1.54) is 17.4 Å². The molecule has 2 unspecified atom stereocenters. The molecule has 1 aromatic carbocycles. The van der Waals surface area contributed by atoms with E-state index in [1.807, 2.05) is 36.2 Å². The molecule has 19 heavy (non-hydrogen) atoms. The van der Waals surface area contributed by atoms with Gasteiger partial charge in [0.25, 0.3) is 0 Å².